The molecule has 0 fully saturated rings. The van der Waals surface area contributed by atoms with Crippen molar-refractivity contribution in [3.8, 4) is 22.4 Å². The highest BCUT2D eigenvalue weighted by atomic mass is 32.2. The van der Waals surface area contributed by atoms with Crippen LogP contribution in [0.1, 0.15) is 66.4 Å². The van der Waals surface area contributed by atoms with E-state index in [1.165, 1.54) is 0 Å². The summed E-state index contributed by atoms with van der Waals surface area (Å²) in [5.41, 5.74) is 3.29. The predicted octanol–water partition coefficient (Wildman–Crippen LogP) is 9.31. The number of thioether (sulfide) groups is 2. The highest BCUT2D eigenvalue weighted by Gasteiger charge is 2.17. The molecule has 0 N–H and O–H groups in total. The number of hydrogen-bond acceptors (Lipinski definition) is 3. The summed E-state index contributed by atoms with van der Waals surface area (Å²) in [4.78, 5) is 6.68. The normalized spacial score (nSPS) is 15.2. The number of aryl methyl sites for hydroxylation is 1. The molecule has 3 rings (SSSR count). The predicted molar refractivity (Wildman–Crippen MR) is 145 cm³/mol. The zero-order chi connectivity index (χ0) is 27.8. The molecule has 170 valence electrons. The summed E-state index contributed by atoms with van der Waals surface area (Å²) in [5.74, 6) is 0. The number of hydrogen-bond donors (Lipinski definition) is 0. The minimum atomic E-state index is -2.25. The second-order valence-electron chi connectivity index (χ2n) is 9.56. The van der Waals surface area contributed by atoms with Crippen molar-refractivity contribution in [1.29, 1.82) is 0 Å². The van der Waals surface area contributed by atoms with Gasteiger partial charge < -0.3 is 0 Å². The molecule has 1 heterocycles. The first-order valence-corrected chi connectivity index (χ1v) is 12.9. The Kier molecular flexibility index (Phi) is 6.12. The van der Waals surface area contributed by atoms with Gasteiger partial charge >= 0.3 is 0 Å². The number of benzene rings is 2. The average molecular weight is 469 g/mol. The Morgan fingerprint density at radius 1 is 0.906 bits per heavy atom. The van der Waals surface area contributed by atoms with Gasteiger partial charge in [0.05, 0.1) is 5.69 Å². The van der Waals surface area contributed by atoms with E-state index in [-0.39, 0.29) is 5.25 Å². The van der Waals surface area contributed by atoms with Crippen molar-refractivity contribution in [2.75, 3.05) is 0 Å². The van der Waals surface area contributed by atoms with Gasteiger partial charge in [-0.3, -0.25) is 4.98 Å². The molecule has 0 aliphatic rings. The molecule has 0 bridgehead atoms. The lowest BCUT2D eigenvalue weighted by molar-refractivity contribution is 0.408. The van der Waals surface area contributed by atoms with Crippen LogP contribution >= 0.6 is 23.5 Å². The Morgan fingerprint density at radius 3 is 2.16 bits per heavy atom. The lowest BCUT2D eigenvalue weighted by atomic mass is 9.88. The third-order valence-corrected chi connectivity index (χ3v) is 6.67. The Labute approximate surface area is 210 Å². The van der Waals surface area contributed by atoms with Crippen LogP contribution in [-0.4, -0.2) is 15.5 Å². The van der Waals surface area contributed by atoms with Crippen LogP contribution in [0.15, 0.2) is 64.5 Å². The molecule has 0 spiro atoms. The van der Waals surface area contributed by atoms with E-state index in [0.717, 1.165) is 20.9 Å². The Morgan fingerprint density at radius 2 is 1.56 bits per heavy atom. The van der Waals surface area contributed by atoms with Crippen LogP contribution in [0.4, 0.5) is 0 Å². The smallest absolute Gasteiger partial charge is 0.0713 e. The zero-order valence-electron chi connectivity index (χ0n) is 25.1. The molecule has 0 unspecified atom stereocenters. The van der Waals surface area contributed by atoms with Crippen molar-refractivity contribution in [3.63, 3.8) is 0 Å². The molecule has 0 saturated heterocycles. The maximum atomic E-state index is 8.83. The summed E-state index contributed by atoms with van der Waals surface area (Å²) >= 11 is 3.39. The zero-order valence-corrected chi connectivity index (χ0v) is 21.7. The minimum absolute atomic E-state index is 0.264. The van der Waals surface area contributed by atoms with Crippen LogP contribution in [0, 0.1) is 12.3 Å². The van der Waals surface area contributed by atoms with E-state index < -0.39 is 18.6 Å². The van der Waals surface area contributed by atoms with Gasteiger partial charge in [0.2, 0.25) is 0 Å². The van der Waals surface area contributed by atoms with Gasteiger partial charge in [-0.05, 0) is 65.2 Å². The fraction of sp³-hybridized carbons (Fsp3) is 0.414. The van der Waals surface area contributed by atoms with Crippen LogP contribution < -0.4 is 0 Å². The fourth-order valence-electron chi connectivity index (χ4n) is 3.37. The molecule has 32 heavy (non-hydrogen) atoms. The molecular weight excluding hydrogens is 426 g/mol. The van der Waals surface area contributed by atoms with Crippen LogP contribution in [0.25, 0.3) is 22.4 Å². The molecule has 2 aromatic carbocycles. The summed E-state index contributed by atoms with van der Waals surface area (Å²) in [7, 11) is 0. The Balaban J connectivity index is 2.15. The van der Waals surface area contributed by atoms with Gasteiger partial charge in [-0.1, -0.05) is 72.7 Å². The van der Waals surface area contributed by atoms with Gasteiger partial charge in [-0.15, -0.1) is 23.5 Å². The van der Waals surface area contributed by atoms with Gasteiger partial charge in [-0.2, -0.15) is 0 Å². The van der Waals surface area contributed by atoms with Gasteiger partial charge in [0.1, 0.15) is 0 Å². The summed E-state index contributed by atoms with van der Waals surface area (Å²) in [6.07, 6.45) is 0.0857. The van der Waals surface area contributed by atoms with Crippen molar-refractivity contribution >= 4 is 23.5 Å². The lowest BCUT2D eigenvalue weighted by Crippen LogP contribution is -2.11. The van der Waals surface area contributed by atoms with Gasteiger partial charge in [-0.25, -0.2) is 0 Å². The molecule has 1 nitrogen and oxygen atoms in total. The van der Waals surface area contributed by atoms with Gasteiger partial charge in [0.25, 0.3) is 0 Å². The number of pyridine rings is 1. The van der Waals surface area contributed by atoms with Gasteiger partial charge in [0.15, 0.2) is 0 Å². The van der Waals surface area contributed by atoms with Crippen LogP contribution in [-0.2, 0) is 6.37 Å². The third kappa shape index (κ3) is 6.89. The molecular formula is C29H37NS2. The molecule has 0 atom stereocenters. The third-order valence-electron chi connectivity index (χ3n) is 4.59. The lowest BCUT2D eigenvalue weighted by Gasteiger charge is -2.21. The summed E-state index contributed by atoms with van der Waals surface area (Å²) in [6, 6.07) is 15.4. The topological polar surface area (TPSA) is 12.9 Å². The number of rotatable bonds is 7. The van der Waals surface area contributed by atoms with Crippen LogP contribution in [0.2, 0.25) is 0 Å². The number of aromatic nitrogens is 1. The quantitative estimate of drug-likeness (QED) is 0.321. The molecule has 3 heteroatoms. The van der Waals surface area contributed by atoms with Crippen LogP contribution in [0.5, 0.6) is 0 Å². The Bertz CT molecular complexity index is 1230. The van der Waals surface area contributed by atoms with Crippen molar-refractivity contribution in [2.45, 2.75) is 82.0 Å². The summed E-state index contributed by atoms with van der Waals surface area (Å²) in [5, 5.41) is 0.726. The average Bonchev–Trinajstić information content (AvgIpc) is 2.77. The fourth-order valence-corrected chi connectivity index (χ4v) is 5.13. The Hall–Kier alpha value is -1.71. The maximum Gasteiger partial charge on any atom is 0.0713 e. The minimum Gasteiger partial charge on any atom is -0.256 e. The first kappa shape index (κ1) is 18.7. The van der Waals surface area contributed by atoms with E-state index in [0.29, 0.717) is 27.6 Å². The summed E-state index contributed by atoms with van der Waals surface area (Å²) in [6.45, 7) is 11.9. The molecule has 1 aromatic heterocycles. The first-order chi connectivity index (χ1) is 17.0. The van der Waals surface area contributed by atoms with E-state index in [1.807, 2.05) is 57.2 Å². The highest BCUT2D eigenvalue weighted by molar-refractivity contribution is 8.00. The molecule has 0 saturated carbocycles. The SMILES string of the molecule is [2H]C([2H])([2H])c1ccc(-c2cc(SC(C)C)c(C([2H])([2H])C(C)(C)C)cn2)cc1-c1ccc(SC(C)C)cc1. The van der Waals surface area contributed by atoms with Crippen LogP contribution in [0.3, 0.4) is 0 Å². The molecule has 0 aliphatic carbocycles. The maximum absolute atomic E-state index is 8.83. The number of nitrogens with zero attached hydrogens (tertiary/aromatic N) is 1. The monoisotopic (exact) mass is 468 g/mol. The highest BCUT2D eigenvalue weighted by Crippen LogP contribution is 2.35. The van der Waals surface area contributed by atoms with E-state index in [2.05, 4.69) is 32.7 Å². The summed E-state index contributed by atoms with van der Waals surface area (Å²) < 4.78 is 42.0. The van der Waals surface area contributed by atoms with E-state index >= 15 is 0 Å². The second kappa shape index (κ2) is 10.5. The standard InChI is InChI=1S/C29H37NS2/c1-19(2)31-25-13-11-22(12-14-25)26-15-23(10-9-21(26)5)27-16-28(32-20(3)4)24(18-30-27)17-29(6,7)8/h9-16,18-20H,17H2,1-8H3/i5D3,17D2. The second-order valence-corrected chi connectivity index (χ2v) is 12.8. The van der Waals surface area contributed by atoms with E-state index in [1.54, 1.807) is 41.9 Å². The van der Waals surface area contributed by atoms with E-state index in [4.69, 9.17) is 6.85 Å². The molecule has 0 amide bonds. The molecule has 3 aromatic rings. The van der Waals surface area contributed by atoms with E-state index in [9.17, 15) is 0 Å². The first-order valence-electron chi connectivity index (χ1n) is 13.6. The van der Waals surface area contributed by atoms with Crippen molar-refractivity contribution in [2.24, 2.45) is 5.41 Å². The largest absolute Gasteiger partial charge is 0.256 e. The van der Waals surface area contributed by atoms with Gasteiger partial charge in [0, 0.05) is 38.9 Å². The molecule has 0 aliphatic heterocycles. The molecule has 0 radical (unpaired) electrons. The van der Waals surface area contributed by atoms with Crippen molar-refractivity contribution in [3.05, 3.63) is 65.9 Å². The van der Waals surface area contributed by atoms with Crippen molar-refractivity contribution in [1.82, 2.24) is 4.98 Å². The van der Waals surface area contributed by atoms with Crippen molar-refractivity contribution < 1.29 is 6.85 Å².